The Morgan fingerprint density at radius 2 is 1.90 bits per heavy atom. The molecule has 1 N–H and O–H groups in total. The maximum atomic E-state index is 12.3. The Bertz CT molecular complexity index is 741. The van der Waals surface area contributed by atoms with Gasteiger partial charge in [0.05, 0.1) is 6.61 Å². The van der Waals surface area contributed by atoms with E-state index in [0.29, 0.717) is 36.5 Å². The topological polar surface area (TPSA) is 63.6 Å². The first-order chi connectivity index (χ1) is 13.6. The van der Waals surface area contributed by atoms with Gasteiger partial charge in [0.2, 0.25) is 0 Å². The van der Waals surface area contributed by atoms with E-state index < -0.39 is 5.60 Å². The second kappa shape index (κ2) is 6.93. The number of fused-ring (bicyclic) bond motifs is 5. The number of carbonyl (C=O) groups excluding carboxylic acids is 2. The molecule has 3 fully saturated rings. The number of aliphatic hydroxyl groups excluding tert-OH is 1. The number of rotatable bonds is 3. The molecule has 3 saturated carbocycles. The van der Waals surface area contributed by atoms with Gasteiger partial charge in [0, 0.05) is 23.7 Å². The minimum absolute atomic E-state index is 0.00962. The minimum Gasteiger partial charge on any atom is -0.459 e. The van der Waals surface area contributed by atoms with Gasteiger partial charge in [-0.1, -0.05) is 33.3 Å². The maximum Gasteiger partial charge on any atom is 0.306 e. The van der Waals surface area contributed by atoms with Gasteiger partial charge in [-0.2, -0.15) is 0 Å². The highest BCUT2D eigenvalue weighted by molar-refractivity contribution is 5.92. The van der Waals surface area contributed by atoms with E-state index in [1.54, 1.807) is 0 Å². The zero-order chi connectivity index (χ0) is 21.2. The molecule has 29 heavy (non-hydrogen) atoms. The zero-order valence-electron chi connectivity index (χ0n) is 18.8. The van der Waals surface area contributed by atoms with E-state index in [9.17, 15) is 14.7 Å². The van der Waals surface area contributed by atoms with Crippen LogP contribution in [-0.2, 0) is 14.3 Å². The lowest BCUT2D eigenvalue weighted by Crippen LogP contribution is -2.59. The average Bonchev–Trinajstić information content (AvgIpc) is 2.93. The summed E-state index contributed by atoms with van der Waals surface area (Å²) in [4.78, 5) is 24.5. The van der Waals surface area contributed by atoms with Crippen LogP contribution in [0.5, 0.6) is 0 Å². The van der Waals surface area contributed by atoms with Gasteiger partial charge in [0.25, 0.3) is 0 Å². The Labute approximate surface area is 175 Å². The predicted molar refractivity (Wildman–Crippen MR) is 112 cm³/mol. The summed E-state index contributed by atoms with van der Waals surface area (Å²) < 4.78 is 6.08. The summed E-state index contributed by atoms with van der Waals surface area (Å²) in [5, 5.41) is 10.7. The first-order valence-corrected chi connectivity index (χ1v) is 11.7. The first kappa shape index (κ1) is 21.1. The lowest BCUT2D eigenvalue weighted by Gasteiger charge is -2.62. The summed E-state index contributed by atoms with van der Waals surface area (Å²) in [5.74, 6) is 2.08. The van der Waals surface area contributed by atoms with Gasteiger partial charge in [0.15, 0.2) is 5.78 Å². The Morgan fingerprint density at radius 3 is 2.55 bits per heavy atom. The van der Waals surface area contributed by atoms with Crippen molar-refractivity contribution in [2.75, 3.05) is 6.61 Å². The number of aliphatic hydroxyl groups is 1. The van der Waals surface area contributed by atoms with E-state index >= 15 is 0 Å². The molecule has 0 unspecified atom stereocenters. The van der Waals surface area contributed by atoms with Crippen LogP contribution in [0.15, 0.2) is 11.6 Å². The molecule has 4 rings (SSSR count). The van der Waals surface area contributed by atoms with Gasteiger partial charge in [-0.3, -0.25) is 9.59 Å². The molecule has 0 aromatic heterocycles. The predicted octanol–water partition coefficient (Wildman–Crippen LogP) is 4.69. The summed E-state index contributed by atoms with van der Waals surface area (Å²) in [5.41, 5.74) is 0.558. The van der Waals surface area contributed by atoms with Crippen molar-refractivity contribution in [1.82, 2.24) is 0 Å². The van der Waals surface area contributed by atoms with Crippen LogP contribution in [-0.4, -0.2) is 29.1 Å². The fraction of sp³-hybridized carbons (Fsp3) is 0.840. The van der Waals surface area contributed by atoms with Gasteiger partial charge in [0.1, 0.15) is 5.60 Å². The summed E-state index contributed by atoms with van der Waals surface area (Å²) in [6.45, 7) is 10.9. The molecule has 0 aromatic carbocycles. The average molecular weight is 403 g/mol. The van der Waals surface area contributed by atoms with E-state index in [4.69, 9.17) is 4.74 Å². The van der Waals surface area contributed by atoms with Crippen molar-refractivity contribution in [1.29, 1.82) is 0 Å². The van der Waals surface area contributed by atoms with Crippen LogP contribution in [0.3, 0.4) is 0 Å². The highest BCUT2D eigenvalue weighted by Gasteiger charge is 2.66. The Hall–Kier alpha value is -1.16. The van der Waals surface area contributed by atoms with Crippen molar-refractivity contribution in [2.24, 2.45) is 40.4 Å². The van der Waals surface area contributed by atoms with Crippen LogP contribution in [0.1, 0.15) is 79.6 Å². The number of hydrogen-bond acceptors (Lipinski definition) is 4. The molecule has 0 spiro atoms. The highest BCUT2D eigenvalue weighted by Crippen LogP contribution is 2.69. The Morgan fingerprint density at radius 1 is 1.21 bits per heavy atom. The quantitative estimate of drug-likeness (QED) is 0.695. The third-order valence-electron chi connectivity index (χ3n) is 9.92. The minimum atomic E-state index is -0.393. The third kappa shape index (κ3) is 2.73. The smallest absolute Gasteiger partial charge is 0.306 e. The van der Waals surface area contributed by atoms with E-state index in [-0.39, 0.29) is 35.1 Å². The van der Waals surface area contributed by atoms with Crippen molar-refractivity contribution in [2.45, 2.75) is 85.2 Å². The van der Waals surface area contributed by atoms with Crippen LogP contribution < -0.4 is 0 Å². The summed E-state index contributed by atoms with van der Waals surface area (Å²) >= 11 is 0. The fourth-order valence-electron chi connectivity index (χ4n) is 8.19. The molecular formula is C25H38O4. The van der Waals surface area contributed by atoms with Crippen molar-refractivity contribution in [3.8, 4) is 0 Å². The molecule has 162 valence electrons. The van der Waals surface area contributed by atoms with Crippen LogP contribution in [0.4, 0.5) is 0 Å². The van der Waals surface area contributed by atoms with Gasteiger partial charge in [-0.25, -0.2) is 0 Å². The monoisotopic (exact) mass is 402 g/mol. The molecule has 8 atom stereocenters. The lowest BCUT2D eigenvalue weighted by molar-refractivity contribution is -0.183. The molecule has 0 amide bonds. The third-order valence-corrected chi connectivity index (χ3v) is 9.92. The molecule has 4 nitrogen and oxygen atoms in total. The first-order valence-electron chi connectivity index (χ1n) is 11.7. The standard InChI is InChI=1S/C25H38O4/c1-6-22(28)29-24(5)10-8-19-18-11-15(2)21-13-17(27)12-16(3)25(21,14-26)20(18)7-9-23(19,24)4/h13,15-16,18-20,26H,6-12,14H2,1-5H3/t15-,16-,18-,19-,20-,23-,24-,25+/m0/s1. The van der Waals surface area contributed by atoms with Crippen molar-refractivity contribution in [3.63, 3.8) is 0 Å². The molecule has 0 aliphatic heterocycles. The zero-order valence-corrected chi connectivity index (χ0v) is 18.8. The Kier molecular flexibility index (Phi) is 5.04. The second-order valence-electron chi connectivity index (χ2n) is 10.9. The molecule has 4 heteroatoms. The fourth-order valence-corrected chi connectivity index (χ4v) is 8.19. The second-order valence-corrected chi connectivity index (χ2v) is 10.9. The molecule has 0 bridgehead atoms. The normalized spacial score (nSPS) is 49.0. The summed E-state index contributed by atoms with van der Waals surface area (Å²) in [6, 6.07) is 0. The van der Waals surface area contributed by atoms with Gasteiger partial charge in [-0.05, 0) is 74.7 Å². The van der Waals surface area contributed by atoms with Crippen LogP contribution in [0, 0.1) is 40.4 Å². The summed E-state index contributed by atoms with van der Waals surface area (Å²) in [7, 11) is 0. The number of hydrogen-bond donors (Lipinski definition) is 1. The number of esters is 1. The molecule has 0 aromatic rings. The van der Waals surface area contributed by atoms with Crippen LogP contribution in [0.25, 0.3) is 0 Å². The van der Waals surface area contributed by atoms with Crippen LogP contribution >= 0.6 is 0 Å². The number of carbonyl (C=O) groups is 2. The Balaban J connectivity index is 1.72. The molecule has 0 heterocycles. The van der Waals surface area contributed by atoms with Gasteiger partial charge in [-0.15, -0.1) is 0 Å². The molecule has 4 aliphatic rings. The maximum absolute atomic E-state index is 12.3. The molecule has 0 saturated heterocycles. The number of ketones is 1. The lowest BCUT2D eigenvalue weighted by atomic mass is 9.43. The SMILES string of the molecule is CCC(=O)O[C@@]1(C)CC[C@H]2[C@@H]3C[C@H](C)C4=CC(=O)C[C@H](C)[C@]4(CO)[C@H]3CC[C@@]21C. The molecule has 0 radical (unpaired) electrons. The van der Waals surface area contributed by atoms with E-state index in [1.165, 1.54) is 5.57 Å². The van der Waals surface area contributed by atoms with E-state index in [1.807, 2.05) is 13.0 Å². The molecular weight excluding hydrogens is 364 g/mol. The van der Waals surface area contributed by atoms with Crippen molar-refractivity contribution < 1.29 is 19.4 Å². The van der Waals surface area contributed by atoms with E-state index in [2.05, 4.69) is 27.7 Å². The number of ether oxygens (including phenoxy) is 1. The molecule has 4 aliphatic carbocycles. The van der Waals surface area contributed by atoms with Gasteiger partial charge >= 0.3 is 5.97 Å². The van der Waals surface area contributed by atoms with E-state index in [0.717, 1.165) is 32.1 Å². The highest BCUT2D eigenvalue weighted by atomic mass is 16.6. The van der Waals surface area contributed by atoms with Crippen molar-refractivity contribution >= 4 is 11.8 Å². The van der Waals surface area contributed by atoms with Crippen molar-refractivity contribution in [3.05, 3.63) is 11.6 Å². The summed E-state index contributed by atoms with van der Waals surface area (Å²) in [6.07, 6.45) is 8.02. The van der Waals surface area contributed by atoms with Gasteiger partial charge < -0.3 is 9.84 Å². The largest absolute Gasteiger partial charge is 0.459 e. The van der Waals surface area contributed by atoms with Crippen LogP contribution in [0.2, 0.25) is 0 Å².